The predicted octanol–water partition coefficient (Wildman–Crippen LogP) is 3.37. The summed E-state index contributed by atoms with van der Waals surface area (Å²) in [6.45, 7) is 2.74. The first-order chi connectivity index (χ1) is 12.7. The van der Waals surface area contributed by atoms with Gasteiger partial charge < -0.3 is 20.8 Å². The zero-order chi connectivity index (χ0) is 18.1. The molecule has 2 aromatic carbocycles. The molecule has 0 saturated carbocycles. The van der Waals surface area contributed by atoms with Gasteiger partial charge in [-0.15, -0.1) is 0 Å². The fourth-order valence-electron chi connectivity index (χ4n) is 3.17. The van der Waals surface area contributed by atoms with Crippen LogP contribution in [0.5, 0.6) is 0 Å². The number of halogens is 1. The SMILES string of the molecule is N=Cc1c(N)cccc1-c1nc(N2CCOCC2)nc2c(Cl)cccc12. The lowest BCUT2D eigenvalue weighted by molar-refractivity contribution is 0.122. The van der Waals surface area contributed by atoms with Gasteiger partial charge in [0.25, 0.3) is 0 Å². The van der Waals surface area contributed by atoms with Gasteiger partial charge in [0.05, 0.1) is 29.4 Å². The Morgan fingerprint density at radius 2 is 1.88 bits per heavy atom. The molecule has 0 radical (unpaired) electrons. The molecule has 1 fully saturated rings. The first-order valence-electron chi connectivity index (χ1n) is 8.37. The third kappa shape index (κ3) is 2.87. The van der Waals surface area contributed by atoms with Crippen LogP contribution in [0.3, 0.4) is 0 Å². The summed E-state index contributed by atoms with van der Waals surface area (Å²) in [4.78, 5) is 11.6. The Kier molecular flexibility index (Phi) is 4.44. The van der Waals surface area contributed by atoms with Gasteiger partial charge in [0.15, 0.2) is 0 Å². The molecule has 2 heterocycles. The van der Waals surface area contributed by atoms with E-state index in [4.69, 9.17) is 37.4 Å². The average molecular weight is 368 g/mol. The summed E-state index contributed by atoms with van der Waals surface area (Å²) in [5.41, 5.74) is 9.47. The van der Waals surface area contributed by atoms with E-state index in [0.717, 1.165) is 29.7 Å². The van der Waals surface area contributed by atoms with Crippen LogP contribution >= 0.6 is 11.6 Å². The zero-order valence-corrected chi connectivity index (χ0v) is 14.8. The first kappa shape index (κ1) is 16.8. The van der Waals surface area contributed by atoms with Gasteiger partial charge in [0.1, 0.15) is 0 Å². The Morgan fingerprint density at radius 1 is 1.12 bits per heavy atom. The van der Waals surface area contributed by atoms with Gasteiger partial charge in [-0.2, -0.15) is 0 Å². The van der Waals surface area contributed by atoms with Crippen molar-refractivity contribution in [3.8, 4) is 11.3 Å². The van der Waals surface area contributed by atoms with E-state index in [1.165, 1.54) is 6.21 Å². The molecular weight excluding hydrogens is 350 g/mol. The lowest BCUT2D eigenvalue weighted by Gasteiger charge is -2.27. The van der Waals surface area contributed by atoms with Gasteiger partial charge in [0, 0.05) is 41.5 Å². The maximum atomic E-state index is 7.77. The molecule has 0 amide bonds. The molecule has 0 unspecified atom stereocenters. The summed E-state index contributed by atoms with van der Waals surface area (Å²) in [7, 11) is 0. The minimum Gasteiger partial charge on any atom is -0.398 e. The number of nitrogen functional groups attached to an aromatic ring is 1. The molecule has 0 bridgehead atoms. The molecule has 1 saturated heterocycles. The minimum absolute atomic E-state index is 0.541. The Bertz CT molecular complexity index is 985. The minimum atomic E-state index is 0.541. The standard InChI is InChI=1S/C19H18ClN5O/c20-15-5-1-4-13-17(12-3-2-6-16(22)14(12)11-21)23-19(24-18(13)15)25-7-9-26-10-8-25/h1-6,11,21H,7-10,22H2. The summed E-state index contributed by atoms with van der Waals surface area (Å²) < 4.78 is 5.43. The molecule has 0 atom stereocenters. The topological polar surface area (TPSA) is 88.1 Å². The maximum Gasteiger partial charge on any atom is 0.226 e. The Labute approximate surface area is 156 Å². The van der Waals surface area contributed by atoms with Gasteiger partial charge in [0.2, 0.25) is 5.95 Å². The van der Waals surface area contributed by atoms with E-state index in [9.17, 15) is 0 Å². The van der Waals surface area contributed by atoms with E-state index in [1.807, 2.05) is 30.3 Å². The monoisotopic (exact) mass is 367 g/mol. The zero-order valence-electron chi connectivity index (χ0n) is 14.1. The van der Waals surface area contributed by atoms with Gasteiger partial charge in [-0.3, -0.25) is 0 Å². The van der Waals surface area contributed by atoms with E-state index < -0.39 is 0 Å². The van der Waals surface area contributed by atoms with E-state index >= 15 is 0 Å². The molecule has 26 heavy (non-hydrogen) atoms. The van der Waals surface area contributed by atoms with Crippen molar-refractivity contribution < 1.29 is 4.74 Å². The molecule has 1 aliphatic heterocycles. The fraction of sp³-hybridized carbons (Fsp3) is 0.211. The molecule has 4 rings (SSSR count). The number of hydrogen-bond acceptors (Lipinski definition) is 6. The molecule has 3 aromatic rings. The summed E-state index contributed by atoms with van der Waals surface area (Å²) in [5.74, 6) is 0.613. The van der Waals surface area contributed by atoms with Crippen LogP contribution in [0.1, 0.15) is 5.56 Å². The number of anilines is 2. The van der Waals surface area contributed by atoms with Crippen LogP contribution in [0.15, 0.2) is 36.4 Å². The number of fused-ring (bicyclic) bond motifs is 1. The average Bonchev–Trinajstić information content (AvgIpc) is 2.68. The quantitative estimate of drug-likeness (QED) is 0.547. The molecule has 1 aliphatic rings. The van der Waals surface area contributed by atoms with E-state index in [1.54, 1.807) is 6.07 Å². The molecule has 6 nitrogen and oxygen atoms in total. The first-order valence-corrected chi connectivity index (χ1v) is 8.75. The van der Waals surface area contributed by atoms with Gasteiger partial charge in [-0.25, -0.2) is 9.97 Å². The number of ether oxygens (including phenoxy) is 1. The van der Waals surface area contributed by atoms with Gasteiger partial charge in [-0.1, -0.05) is 35.9 Å². The van der Waals surface area contributed by atoms with Crippen molar-refractivity contribution in [3.63, 3.8) is 0 Å². The Balaban J connectivity index is 2.00. The van der Waals surface area contributed by atoms with Crippen molar-refractivity contribution >= 4 is 40.4 Å². The summed E-state index contributed by atoms with van der Waals surface area (Å²) >= 11 is 6.43. The number of morpholine rings is 1. The number of nitrogens with two attached hydrogens (primary N) is 1. The van der Waals surface area contributed by atoms with Crippen LogP contribution < -0.4 is 10.6 Å². The van der Waals surface area contributed by atoms with Crippen LogP contribution in [0.25, 0.3) is 22.2 Å². The molecular formula is C19H18ClN5O. The number of nitrogens with one attached hydrogen (secondary N) is 1. The number of benzene rings is 2. The van der Waals surface area contributed by atoms with Crippen molar-refractivity contribution in [2.75, 3.05) is 36.9 Å². The van der Waals surface area contributed by atoms with Crippen LogP contribution in [-0.2, 0) is 4.74 Å². The lowest BCUT2D eigenvalue weighted by atomic mass is 10.00. The third-order valence-corrected chi connectivity index (χ3v) is 4.80. The van der Waals surface area contributed by atoms with Crippen molar-refractivity contribution in [2.24, 2.45) is 0 Å². The Hall–Kier alpha value is -2.70. The highest BCUT2D eigenvalue weighted by atomic mass is 35.5. The molecule has 7 heteroatoms. The molecule has 0 spiro atoms. The highest BCUT2D eigenvalue weighted by Gasteiger charge is 2.19. The van der Waals surface area contributed by atoms with Crippen LogP contribution in [-0.4, -0.2) is 42.5 Å². The number of hydrogen-bond donors (Lipinski definition) is 2. The number of rotatable bonds is 3. The predicted molar refractivity (Wildman–Crippen MR) is 105 cm³/mol. The van der Waals surface area contributed by atoms with Crippen LogP contribution in [0.4, 0.5) is 11.6 Å². The van der Waals surface area contributed by atoms with Crippen molar-refractivity contribution in [3.05, 3.63) is 47.0 Å². The lowest BCUT2D eigenvalue weighted by Crippen LogP contribution is -2.37. The van der Waals surface area contributed by atoms with E-state index in [2.05, 4.69) is 4.90 Å². The summed E-state index contributed by atoms with van der Waals surface area (Å²) in [6, 6.07) is 11.2. The van der Waals surface area contributed by atoms with Crippen molar-refractivity contribution in [2.45, 2.75) is 0 Å². The van der Waals surface area contributed by atoms with Gasteiger partial charge in [-0.05, 0) is 12.1 Å². The number of para-hydroxylation sites is 1. The maximum absolute atomic E-state index is 7.77. The summed E-state index contributed by atoms with van der Waals surface area (Å²) in [5, 5.41) is 9.18. The van der Waals surface area contributed by atoms with Crippen LogP contribution in [0, 0.1) is 5.41 Å². The van der Waals surface area contributed by atoms with Gasteiger partial charge >= 0.3 is 0 Å². The third-order valence-electron chi connectivity index (χ3n) is 4.50. The fourth-order valence-corrected chi connectivity index (χ4v) is 3.38. The van der Waals surface area contributed by atoms with Crippen molar-refractivity contribution in [1.82, 2.24) is 9.97 Å². The second kappa shape index (κ2) is 6.90. The smallest absolute Gasteiger partial charge is 0.226 e. The highest BCUT2D eigenvalue weighted by Crippen LogP contribution is 2.34. The second-order valence-electron chi connectivity index (χ2n) is 6.06. The second-order valence-corrected chi connectivity index (χ2v) is 6.47. The molecule has 1 aromatic heterocycles. The molecule has 0 aliphatic carbocycles. The van der Waals surface area contributed by atoms with Crippen LogP contribution in [0.2, 0.25) is 5.02 Å². The largest absolute Gasteiger partial charge is 0.398 e. The summed E-state index contributed by atoms with van der Waals surface area (Å²) in [6.07, 6.45) is 1.26. The van der Waals surface area contributed by atoms with E-state index in [-0.39, 0.29) is 0 Å². The van der Waals surface area contributed by atoms with E-state index in [0.29, 0.717) is 41.0 Å². The molecule has 132 valence electrons. The number of aromatic nitrogens is 2. The molecule has 3 N–H and O–H groups in total. The normalized spacial score (nSPS) is 14.6. The van der Waals surface area contributed by atoms with Crippen molar-refractivity contribution in [1.29, 1.82) is 5.41 Å². The number of nitrogens with zero attached hydrogens (tertiary/aromatic N) is 3. The highest BCUT2D eigenvalue weighted by molar-refractivity contribution is 6.35. The Morgan fingerprint density at radius 3 is 2.65 bits per heavy atom.